The highest BCUT2D eigenvalue weighted by Gasteiger charge is 2.17. The molecule has 0 aromatic heterocycles. The van der Waals surface area contributed by atoms with E-state index in [1.807, 2.05) is 39.0 Å². The minimum absolute atomic E-state index is 0.193. The maximum atomic E-state index is 12.3. The van der Waals surface area contributed by atoms with Crippen molar-refractivity contribution in [2.45, 2.75) is 26.8 Å². The molecule has 0 heterocycles. The van der Waals surface area contributed by atoms with Crippen molar-refractivity contribution < 1.29 is 23.8 Å². The van der Waals surface area contributed by atoms with Crippen molar-refractivity contribution in [1.29, 1.82) is 0 Å². The maximum Gasteiger partial charge on any atom is 0.342 e. The number of benzene rings is 2. The molecule has 0 aliphatic carbocycles. The predicted molar refractivity (Wildman–Crippen MR) is 102 cm³/mol. The van der Waals surface area contributed by atoms with E-state index >= 15 is 0 Å². The molecule has 0 spiro atoms. The molecule has 6 nitrogen and oxygen atoms in total. The zero-order chi connectivity index (χ0) is 20.0. The molecular formula is C21H25NO5. The summed E-state index contributed by atoms with van der Waals surface area (Å²) in [5.41, 5.74) is 3.54. The summed E-state index contributed by atoms with van der Waals surface area (Å²) < 4.78 is 15.4. The van der Waals surface area contributed by atoms with E-state index in [-0.39, 0.29) is 24.1 Å². The van der Waals surface area contributed by atoms with Crippen LogP contribution in [0.1, 0.15) is 40.0 Å². The van der Waals surface area contributed by atoms with Crippen LogP contribution in [0.4, 0.5) is 0 Å². The van der Waals surface area contributed by atoms with Gasteiger partial charge in [-0.1, -0.05) is 18.2 Å². The molecule has 144 valence electrons. The van der Waals surface area contributed by atoms with Crippen molar-refractivity contribution in [2.24, 2.45) is 0 Å². The largest absolute Gasteiger partial charge is 0.497 e. The van der Waals surface area contributed by atoms with E-state index in [0.29, 0.717) is 11.5 Å². The molecule has 0 saturated carbocycles. The molecule has 2 aromatic rings. The molecule has 0 bridgehead atoms. The van der Waals surface area contributed by atoms with Gasteiger partial charge in [-0.25, -0.2) is 4.79 Å². The van der Waals surface area contributed by atoms with Crippen LogP contribution >= 0.6 is 0 Å². The number of esters is 1. The zero-order valence-electron chi connectivity index (χ0n) is 16.3. The van der Waals surface area contributed by atoms with E-state index in [2.05, 4.69) is 5.32 Å². The first-order valence-electron chi connectivity index (χ1n) is 8.61. The second-order valence-electron chi connectivity index (χ2n) is 6.28. The fourth-order valence-electron chi connectivity index (χ4n) is 2.58. The van der Waals surface area contributed by atoms with Crippen LogP contribution in [0, 0.1) is 13.8 Å². The molecule has 0 aliphatic rings. The van der Waals surface area contributed by atoms with E-state index in [1.54, 1.807) is 12.1 Å². The number of amides is 1. The van der Waals surface area contributed by atoms with Gasteiger partial charge in [0.1, 0.15) is 17.1 Å². The van der Waals surface area contributed by atoms with Gasteiger partial charge in [0, 0.05) is 0 Å². The van der Waals surface area contributed by atoms with Crippen LogP contribution in [0.5, 0.6) is 11.5 Å². The first-order chi connectivity index (χ1) is 12.8. The monoisotopic (exact) mass is 371 g/mol. The summed E-state index contributed by atoms with van der Waals surface area (Å²) in [6.07, 6.45) is 0. The number of methoxy groups -OCH3 is 2. The predicted octanol–water partition coefficient (Wildman–Crippen LogP) is 3.35. The Morgan fingerprint density at radius 3 is 2.37 bits per heavy atom. The molecule has 0 aliphatic heterocycles. The van der Waals surface area contributed by atoms with Crippen LogP contribution in [0.3, 0.4) is 0 Å². The summed E-state index contributed by atoms with van der Waals surface area (Å²) in [7, 11) is 2.95. The maximum absolute atomic E-state index is 12.3. The number of carbonyl (C=O) groups excluding carboxylic acids is 2. The Kier molecular flexibility index (Phi) is 6.82. The van der Waals surface area contributed by atoms with E-state index < -0.39 is 5.97 Å². The molecule has 2 aromatic carbocycles. The van der Waals surface area contributed by atoms with E-state index in [4.69, 9.17) is 14.2 Å². The number of rotatable bonds is 7. The van der Waals surface area contributed by atoms with Crippen molar-refractivity contribution >= 4 is 11.9 Å². The smallest absolute Gasteiger partial charge is 0.342 e. The lowest BCUT2D eigenvalue weighted by Gasteiger charge is -2.16. The highest BCUT2D eigenvalue weighted by Crippen LogP contribution is 2.24. The van der Waals surface area contributed by atoms with Crippen molar-refractivity contribution in [3.63, 3.8) is 0 Å². The van der Waals surface area contributed by atoms with Crippen LogP contribution in [-0.2, 0) is 9.53 Å². The molecule has 0 fully saturated rings. The number of carbonyl (C=O) groups is 2. The SMILES string of the molecule is COc1ccc(OC)c(C(=O)OCC(=O)NC(C)c2ccc(C)c(C)c2)c1. The molecule has 27 heavy (non-hydrogen) atoms. The summed E-state index contributed by atoms with van der Waals surface area (Å²) in [6.45, 7) is 5.56. The first-order valence-corrected chi connectivity index (χ1v) is 8.61. The average molecular weight is 371 g/mol. The highest BCUT2D eigenvalue weighted by molar-refractivity contribution is 5.94. The molecular weight excluding hydrogens is 346 g/mol. The molecule has 0 saturated heterocycles. The van der Waals surface area contributed by atoms with E-state index in [9.17, 15) is 9.59 Å². The third-order valence-electron chi connectivity index (χ3n) is 4.37. The lowest BCUT2D eigenvalue weighted by atomic mass is 10.0. The molecule has 1 unspecified atom stereocenters. The quantitative estimate of drug-likeness (QED) is 0.756. The normalized spacial score (nSPS) is 11.4. The van der Waals surface area contributed by atoms with Crippen LogP contribution in [0.25, 0.3) is 0 Å². The Labute approximate surface area is 159 Å². The molecule has 6 heteroatoms. The highest BCUT2D eigenvalue weighted by atomic mass is 16.5. The van der Waals surface area contributed by atoms with Gasteiger partial charge in [0.25, 0.3) is 5.91 Å². The number of hydrogen-bond donors (Lipinski definition) is 1. The molecule has 2 rings (SSSR count). The Balaban J connectivity index is 1.96. The van der Waals surface area contributed by atoms with Crippen LogP contribution in [0.15, 0.2) is 36.4 Å². The van der Waals surface area contributed by atoms with Gasteiger partial charge in [-0.05, 0) is 55.7 Å². The Bertz CT molecular complexity index is 831. The van der Waals surface area contributed by atoms with Gasteiger partial charge in [0.05, 0.1) is 20.3 Å². The van der Waals surface area contributed by atoms with Crippen LogP contribution in [0.2, 0.25) is 0 Å². The van der Waals surface area contributed by atoms with Crippen molar-refractivity contribution in [3.05, 3.63) is 58.7 Å². The lowest BCUT2D eigenvalue weighted by molar-refractivity contribution is -0.124. The van der Waals surface area contributed by atoms with Gasteiger partial charge < -0.3 is 19.5 Å². The minimum Gasteiger partial charge on any atom is -0.497 e. The van der Waals surface area contributed by atoms with Crippen molar-refractivity contribution in [1.82, 2.24) is 5.32 Å². The average Bonchev–Trinajstić information content (AvgIpc) is 2.67. The third kappa shape index (κ3) is 5.23. The van der Waals surface area contributed by atoms with Crippen LogP contribution < -0.4 is 14.8 Å². The number of aryl methyl sites for hydroxylation is 2. The van der Waals surface area contributed by atoms with Gasteiger partial charge in [0.2, 0.25) is 0 Å². The fourth-order valence-corrected chi connectivity index (χ4v) is 2.58. The molecule has 1 atom stereocenters. The Morgan fingerprint density at radius 1 is 1.00 bits per heavy atom. The number of nitrogens with one attached hydrogen (secondary N) is 1. The fraction of sp³-hybridized carbons (Fsp3) is 0.333. The van der Waals surface area contributed by atoms with Crippen molar-refractivity contribution in [2.75, 3.05) is 20.8 Å². The summed E-state index contributed by atoms with van der Waals surface area (Å²) in [5, 5.41) is 2.83. The molecule has 0 radical (unpaired) electrons. The van der Waals surface area contributed by atoms with Gasteiger partial charge in [-0.15, -0.1) is 0 Å². The van der Waals surface area contributed by atoms with Gasteiger partial charge in [-0.3, -0.25) is 4.79 Å². The summed E-state index contributed by atoms with van der Waals surface area (Å²) in [5.74, 6) is -0.184. The second-order valence-corrected chi connectivity index (χ2v) is 6.28. The first kappa shape index (κ1) is 20.3. The second kappa shape index (κ2) is 9.07. The van der Waals surface area contributed by atoms with Gasteiger partial charge >= 0.3 is 5.97 Å². The topological polar surface area (TPSA) is 73.9 Å². The number of ether oxygens (including phenoxy) is 3. The third-order valence-corrected chi connectivity index (χ3v) is 4.37. The lowest BCUT2D eigenvalue weighted by Crippen LogP contribution is -2.31. The Morgan fingerprint density at radius 2 is 1.74 bits per heavy atom. The summed E-state index contributed by atoms with van der Waals surface area (Å²) in [6, 6.07) is 10.6. The van der Waals surface area contributed by atoms with Gasteiger partial charge in [0.15, 0.2) is 6.61 Å². The van der Waals surface area contributed by atoms with Crippen LogP contribution in [-0.4, -0.2) is 32.7 Å². The van der Waals surface area contributed by atoms with E-state index in [0.717, 1.165) is 11.1 Å². The van der Waals surface area contributed by atoms with Gasteiger partial charge in [-0.2, -0.15) is 0 Å². The summed E-state index contributed by atoms with van der Waals surface area (Å²) >= 11 is 0. The number of hydrogen-bond acceptors (Lipinski definition) is 5. The van der Waals surface area contributed by atoms with E-state index in [1.165, 1.54) is 25.8 Å². The summed E-state index contributed by atoms with van der Waals surface area (Å²) in [4.78, 5) is 24.4. The minimum atomic E-state index is -0.653. The standard InChI is InChI=1S/C21H25NO5/c1-13-6-7-16(10-14(13)2)15(3)22-20(23)12-27-21(24)18-11-17(25-4)8-9-19(18)26-5/h6-11,15H,12H2,1-5H3,(H,22,23). The Hall–Kier alpha value is -3.02. The molecule has 1 amide bonds. The molecule has 1 N–H and O–H groups in total. The van der Waals surface area contributed by atoms with Crippen molar-refractivity contribution in [3.8, 4) is 11.5 Å². The zero-order valence-corrected chi connectivity index (χ0v) is 16.3.